The van der Waals surface area contributed by atoms with Crippen LogP contribution in [0, 0.1) is 12.3 Å². The molecule has 3 nitrogen and oxygen atoms in total. The molecule has 1 saturated carbocycles. The van der Waals surface area contributed by atoms with Crippen molar-refractivity contribution in [3.63, 3.8) is 0 Å². The fourth-order valence-electron chi connectivity index (χ4n) is 2.64. The van der Waals surface area contributed by atoms with Crippen LogP contribution in [0.3, 0.4) is 0 Å². The number of nitrogens with zero attached hydrogens (tertiary/aromatic N) is 1. The van der Waals surface area contributed by atoms with Gasteiger partial charge in [0.25, 0.3) is 0 Å². The van der Waals surface area contributed by atoms with E-state index in [1.807, 2.05) is 0 Å². The molecule has 1 heterocycles. The number of rotatable bonds is 6. The van der Waals surface area contributed by atoms with Gasteiger partial charge in [-0.05, 0) is 31.7 Å². The van der Waals surface area contributed by atoms with Crippen LogP contribution < -0.4 is 11.1 Å². The Bertz CT molecular complexity index is 342. The van der Waals surface area contributed by atoms with Crippen LogP contribution in [0.4, 0.5) is 0 Å². The lowest BCUT2D eigenvalue weighted by Crippen LogP contribution is -2.38. The summed E-state index contributed by atoms with van der Waals surface area (Å²) in [5, 5.41) is 6.92. The second kappa shape index (κ2) is 5.94. The van der Waals surface area contributed by atoms with Crippen molar-refractivity contribution < 1.29 is 0 Å². The number of hydrogen-bond acceptors (Lipinski definition) is 4. The molecule has 0 spiro atoms. The molecular formula is C13H23N3S. The number of nitrogens with one attached hydrogen (secondary N) is 1. The minimum absolute atomic E-state index is 0.388. The molecule has 0 radical (unpaired) electrons. The largest absolute Gasteiger partial charge is 0.330 e. The van der Waals surface area contributed by atoms with Crippen LogP contribution in [0.25, 0.3) is 0 Å². The van der Waals surface area contributed by atoms with Gasteiger partial charge in [0.05, 0.1) is 5.01 Å². The second-order valence-electron chi connectivity index (χ2n) is 5.22. The summed E-state index contributed by atoms with van der Waals surface area (Å²) >= 11 is 1.76. The highest BCUT2D eigenvalue weighted by molar-refractivity contribution is 7.09. The van der Waals surface area contributed by atoms with E-state index in [9.17, 15) is 0 Å². The average Bonchev–Trinajstić information content (AvgIpc) is 2.95. The highest BCUT2D eigenvalue weighted by atomic mass is 32.1. The monoisotopic (exact) mass is 253 g/mol. The normalized spacial score (nSPS) is 18.7. The minimum Gasteiger partial charge on any atom is -0.330 e. The number of hydrogen-bond donors (Lipinski definition) is 2. The summed E-state index contributed by atoms with van der Waals surface area (Å²) in [6.45, 7) is 4.98. The van der Waals surface area contributed by atoms with Gasteiger partial charge in [-0.3, -0.25) is 0 Å². The first-order valence-corrected chi connectivity index (χ1v) is 7.44. The Morgan fingerprint density at radius 1 is 1.47 bits per heavy atom. The Morgan fingerprint density at radius 2 is 2.24 bits per heavy atom. The minimum atomic E-state index is 0.388. The highest BCUT2D eigenvalue weighted by Crippen LogP contribution is 2.36. The SMILES string of the molecule is Cc1csc(CCNCC2(CN)CCCC2)n1. The Morgan fingerprint density at radius 3 is 2.82 bits per heavy atom. The molecule has 0 bridgehead atoms. The summed E-state index contributed by atoms with van der Waals surface area (Å²) in [6, 6.07) is 0. The van der Waals surface area contributed by atoms with E-state index in [4.69, 9.17) is 5.73 Å². The van der Waals surface area contributed by atoms with Crippen molar-refractivity contribution in [2.24, 2.45) is 11.1 Å². The van der Waals surface area contributed by atoms with Gasteiger partial charge < -0.3 is 11.1 Å². The van der Waals surface area contributed by atoms with E-state index in [1.54, 1.807) is 11.3 Å². The third kappa shape index (κ3) is 3.50. The van der Waals surface area contributed by atoms with Crippen LogP contribution in [0.15, 0.2) is 5.38 Å². The van der Waals surface area contributed by atoms with E-state index >= 15 is 0 Å². The van der Waals surface area contributed by atoms with Gasteiger partial charge in [-0.15, -0.1) is 11.3 Å². The fourth-order valence-corrected chi connectivity index (χ4v) is 3.42. The molecule has 4 heteroatoms. The van der Waals surface area contributed by atoms with Crippen LogP contribution in [-0.4, -0.2) is 24.6 Å². The number of nitrogens with two attached hydrogens (primary N) is 1. The van der Waals surface area contributed by atoms with E-state index in [1.165, 1.54) is 30.7 Å². The summed E-state index contributed by atoms with van der Waals surface area (Å²) < 4.78 is 0. The van der Waals surface area contributed by atoms with Crippen molar-refractivity contribution >= 4 is 11.3 Å². The Hall–Kier alpha value is -0.450. The molecule has 96 valence electrons. The fraction of sp³-hybridized carbons (Fsp3) is 0.769. The quantitative estimate of drug-likeness (QED) is 0.763. The first kappa shape index (κ1) is 13.0. The van der Waals surface area contributed by atoms with Gasteiger partial charge in [-0.25, -0.2) is 4.98 Å². The van der Waals surface area contributed by atoms with Crippen molar-refractivity contribution in [2.75, 3.05) is 19.6 Å². The zero-order chi connectivity index (χ0) is 12.1. The maximum atomic E-state index is 5.92. The van der Waals surface area contributed by atoms with Gasteiger partial charge in [-0.2, -0.15) is 0 Å². The first-order valence-electron chi connectivity index (χ1n) is 6.56. The molecule has 0 saturated heterocycles. The Kier molecular flexibility index (Phi) is 4.54. The standard InChI is InChI=1S/C13H23N3S/c1-11-8-17-12(16-11)4-7-15-10-13(9-14)5-2-3-6-13/h8,15H,2-7,9-10,14H2,1H3. The molecule has 0 aromatic carbocycles. The summed E-state index contributed by atoms with van der Waals surface area (Å²) in [4.78, 5) is 4.47. The van der Waals surface area contributed by atoms with Crippen LogP contribution in [-0.2, 0) is 6.42 Å². The maximum Gasteiger partial charge on any atom is 0.0940 e. The molecule has 0 amide bonds. The van der Waals surface area contributed by atoms with Gasteiger partial charge in [0.15, 0.2) is 0 Å². The predicted molar refractivity (Wildman–Crippen MR) is 73.4 cm³/mol. The molecule has 1 aliphatic carbocycles. The lowest BCUT2D eigenvalue weighted by Gasteiger charge is -2.27. The zero-order valence-corrected chi connectivity index (χ0v) is 11.5. The van der Waals surface area contributed by atoms with Crippen LogP contribution in [0.2, 0.25) is 0 Å². The molecule has 0 atom stereocenters. The zero-order valence-electron chi connectivity index (χ0n) is 10.7. The number of thiazole rings is 1. The van der Waals surface area contributed by atoms with Crippen LogP contribution >= 0.6 is 11.3 Å². The Balaban J connectivity index is 1.69. The maximum absolute atomic E-state index is 5.92. The topological polar surface area (TPSA) is 50.9 Å². The summed E-state index contributed by atoms with van der Waals surface area (Å²) in [5.74, 6) is 0. The average molecular weight is 253 g/mol. The number of aromatic nitrogens is 1. The van der Waals surface area contributed by atoms with Gasteiger partial charge in [0.2, 0.25) is 0 Å². The summed E-state index contributed by atoms with van der Waals surface area (Å²) in [7, 11) is 0. The van der Waals surface area contributed by atoms with Crippen LogP contribution in [0.1, 0.15) is 36.4 Å². The summed E-state index contributed by atoms with van der Waals surface area (Å²) in [6.07, 6.45) is 6.34. The molecule has 1 fully saturated rings. The third-order valence-corrected chi connectivity index (χ3v) is 4.81. The lowest BCUT2D eigenvalue weighted by molar-refractivity contribution is 0.292. The van der Waals surface area contributed by atoms with Crippen molar-refractivity contribution in [1.82, 2.24) is 10.3 Å². The van der Waals surface area contributed by atoms with Gasteiger partial charge in [-0.1, -0.05) is 12.8 Å². The lowest BCUT2D eigenvalue weighted by atomic mass is 9.86. The first-order chi connectivity index (χ1) is 8.24. The van der Waals surface area contributed by atoms with Crippen molar-refractivity contribution in [3.05, 3.63) is 16.1 Å². The molecule has 1 aromatic rings. The van der Waals surface area contributed by atoms with Crippen molar-refractivity contribution in [1.29, 1.82) is 0 Å². The van der Waals surface area contributed by atoms with Crippen molar-refractivity contribution in [2.45, 2.75) is 39.0 Å². The van der Waals surface area contributed by atoms with Gasteiger partial charge in [0, 0.05) is 30.6 Å². The Labute approximate surface area is 108 Å². The van der Waals surface area contributed by atoms with E-state index in [-0.39, 0.29) is 0 Å². The molecule has 17 heavy (non-hydrogen) atoms. The molecule has 0 aliphatic heterocycles. The van der Waals surface area contributed by atoms with Crippen molar-refractivity contribution in [3.8, 4) is 0 Å². The molecule has 1 aliphatic rings. The molecule has 1 aromatic heterocycles. The van der Waals surface area contributed by atoms with E-state index in [2.05, 4.69) is 22.6 Å². The smallest absolute Gasteiger partial charge is 0.0940 e. The molecular weight excluding hydrogens is 230 g/mol. The van der Waals surface area contributed by atoms with E-state index in [0.29, 0.717) is 5.41 Å². The molecule has 3 N–H and O–H groups in total. The second-order valence-corrected chi connectivity index (χ2v) is 6.16. The summed E-state index contributed by atoms with van der Waals surface area (Å²) in [5.41, 5.74) is 7.44. The van der Waals surface area contributed by atoms with E-state index in [0.717, 1.165) is 31.7 Å². The van der Waals surface area contributed by atoms with Crippen LogP contribution in [0.5, 0.6) is 0 Å². The predicted octanol–water partition coefficient (Wildman–Crippen LogP) is 2.10. The molecule has 0 unspecified atom stereocenters. The number of aryl methyl sites for hydroxylation is 1. The highest BCUT2D eigenvalue weighted by Gasteiger charge is 2.31. The molecule has 2 rings (SSSR count). The third-order valence-electron chi connectivity index (χ3n) is 3.78. The van der Waals surface area contributed by atoms with E-state index < -0.39 is 0 Å². The van der Waals surface area contributed by atoms with Gasteiger partial charge in [0.1, 0.15) is 0 Å². The van der Waals surface area contributed by atoms with Gasteiger partial charge >= 0.3 is 0 Å².